The average Bonchev–Trinajstić information content (AvgIpc) is 2.69. The molecule has 0 atom stereocenters. The summed E-state index contributed by atoms with van der Waals surface area (Å²) in [6.07, 6.45) is 3.68. The highest BCUT2D eigenvalue weighted by Crippen LogP contribution is 2.25. The van der Waals surface area contributed by atoms with Crippen LogP contribution in [0.4, 0.5) is 0 Å². The summed E-state index contributed by atoms with van der Waals surface area (Å²) in [5.74, 6) is 1.75. The summed E-state index contributed by atoms with van der Waals surface area (Å²) >= 11 is 7.48. The van der Waals surface area contributed by atoms with Crippen LogP contribution in [0.5, 0.6) is 0 Å². The predicted molar refractivity (Wildman–Crippen MR) is 122 cm³/mol. The molecule has 0 saturated carbocycles. The lowest BCUT2D eigenvalue weighted by molar-refractivity contribution is 0.271. The second-order valence-electron chi connectivity index (χ2n) is 7.73. The van der Waals surface area contributed by atoms with E-state index in [0.29, 0.717) is 0 Å². The van der Waals surface area contributed by atoms with E-state index in [1.165, 1.54) is 36.0 Å². The molecule has 0 aromatic heterocycles. The summed E-state index contributed by atoms with van der Waals surface area (Å²) in [5, 5.41) is 0. The number of piperidine rings is 1. The van der Waals surface area contributed by atoms with Gasteiger partial charge >= 0.3 is 0 Å². The smallest absolute Gasteiger partial charge is 0.136 e. The van der Waals surface area contributed by atoms with Crippen molar-refractivity contribution in [2.75, 3.05) is 27.2 Å². The Morgan fingerprint density at radius 1 is 0.963 bits per heavy atom. The fourth-order valence-electron chi connectivity index (χ4n) is 3.61. The fourth-order valence-corrected chi connectivity index (χ4v) is 4.82. The lowest BCUT2D eigenvalue weighted by atomic mass is 9.90. The van der Waals surface area contributed by atoms with Crippen molar-refractivity contribution in [3.63, 3.8) is 0 Å². The molecule has 0 aliphatic carbocycles. The topological polar surface area (TPSA) is 6.48 Å². The van der Waals surface area contributed by atoms with E-state index >= 15 is 0 Å². The van der Waals surface area contributed by atoms with Gasteiger partial charge in [-0.2, -0.15) is 0 Å². The fraction of sp³-hybridized carbons (Fsp3) is 0.435. The zero-order valence-electron chi connectivity index (χ0n) is 16.4. The average molecular weight is 399 g/mol. The van der Waals surface area contributed by atoms with Crippen molar-refractivity contribution in [1.82, 2.24) is 9.80 Å². The van der Waals surface area contributed by atoms with Gasteiger partial charge in [-0.15, -0.1) is 0 Å². The Kier molecular flexibility index (Phi) is 7.74. The Labute approximate surface area is 173 Å². The third kappa shape index (κ3) is 6.63. The van der Waals surface area contributed by atoms with Crippen LogP contribution in [0.1, 0.15) is 29.5 Å². The van der Waals surface area contributed by atoms with Gasteiger partial charge < -0.3 is 9.80 Å². The second kappa shape index (κ2) is 10.3. The van der Waals surface area contributed by atoms with Crippen molar-refractivity contribution in [2.24, 2.45) is 5.92 Å². The van der Waals surface area contributed by atoms with Crippen LogP contribution in [0.2, 0.25) is 0 Å². The molecule has 1 fully saturated rings. The first-order chi connectivity index (χ1) is 13.1. The Hall–Kier alpha value is -1.36. The van der Waals surface area contributed by atoms with Crippen LogP contribution >= 0.6 is 24.0 Å². The lowest BCUT2D eigenvalue weighted by Gasteiger charge is -2.33. The minimum absolute atomic E-state index is 0.780. The molecule has 144 valence electrons. The van der Waals surface area contributed by atoms with Crippen LogP contribution in [0, 0.1) is 5.92 Å². The van der Waals surface area contributed by atoms with Gasteiger partial charge in [-0.3, -0.25) is 0 Å². The first-order valence-electron chi connectivity index (χ1n) is 9.78. The van der Waals surface area contributed by atoms with Crippen molar-refractivity contribution < 1.29 is 0 Å². The number of nitrogens with zero attached hydrogens (tertiary/aromatic N) is 2. The molecule has 2 aromatic carbocycles. The highest BCUT2D eigenvalue weighted by Gasteiger charge is 2.21. The summed E-state index contributed by atoms with van der Waals surface area (Å²) in [5.41, 5.74) is 4.20. The zero-order chi connectivity index (χ0) is 19.1. The van der Waals surface area contributed by atoms with Crippen LogP contribution in [0.25, 0.3) is 0 Å². The minimum atomic E-state index is 0.780. The van der Waals surface area contributed by atoms with Crippen molar-refractivity contribution in [3.05, 3.63) is 71.3 Å². The standard InChI is InChI=1S/C23H30N2S2/c1-24(2)17-21-10-8-19(9-11-21)16-20-12-14-25(15-13-20)23(26)27-18-22-6-4-3-5-7-22/h3-11,20H,12-18H2,1-2H3. The first-order valence-corrected chi connectivity index (χ1v) is 11.2. The molecule has 1 aliphatic heterocycles. The zero-order valence-corrected chi connectivity index (χ0v) is 18.1. The van der Waals surface area contributed by atoms with Gasteiger partial charge in [0.05, 0.1) is 0 Å². The van der Waals surface area contributed by atoms with Crippen LogP contribution < -0.4 is 0 Å². The molecule has 0 bridgehead atoms. The maximum atomic E-state index is 5.68. The molecule has 0 spiro atoms. The maximum Gasteiger partial charge on any atom is 0.136 e. The normalized spacial score (nSPS) is 15.3. The van der Waals surface area contributed by atoms with E-state index in [4.69, 9.17) is 12.2 Å². The van der Waals surface area contributed by atoms with Crippen LogP contribution in [-0.4, -0.2) is 41.3 Å². The quantitative estimate of drug-likeness (QED) is 0.615. The second-order valence-corrected chi connectivity index (χ2v) is 9.34. The minimum Gasteiger partial charge on any atom is -0.357 e. The SMILES string of the molecule is CN(C)Cc1ccc(CC2CCN(C(=S)SCc3ccccc3)CC2)cc1. The predicted octanol–water partition coefficient (Wildman–Crippen LogP) is 5.22. The summed E-state index contributed by atoms with van der Waals surface area (Å²) < 4.78 is 1.06. The third-order valence-electron chi connectivity index (χ3n) is 5.12. The van der Waals surface area contributed by atoms with Crippen LogP contribution in [0.15, 0.2) is 54.6 Å². The molecule has 4 heteroatoms. The first kappa shape index (κ1) is 20.4. The summed E-state index contributed by atoms with van der Waals surface area (Å²) in [6.45, 7) is 3.21. The van der Waals surface area contributed by atoms with E-state index in [1.807, 2.05) is 0 Å². The Bertz CT molecular complexity index is 705. The molecular weight excluding hydrogens is 368 g/mol. The Morgan fingerprint density at radius 3 is 2.22 bits per heavy atom. The van der Waals surface area contributed by atoms with E-state index < -0.39 is 0 Å². The molecule has 2 aromatic rings. The van der Waals surface area contributed by atoms with Gasteiger partial charge in [-0.1, -0.05) is 78.6 Å². The van der Waals surface area contributed by atoms with Crippen molar-refractivity contribution in [2.45, 2.75) is 31.6 Å². The molecule has 1 saturated heterocycles. The lowest BCUT2D eigenvalue weighted by Crippen LogP contribution is -2.36. The number of thiocarbonyl (C=S) groups is 1. The number of thioether (sulfide) groups is 1. The van der Waals surface area contributed by atoms with Crippen molar-refractivity contribution in [3.8, 4) is 0 Å². The number of benzene rings is 2. The summed E-state index contributed by atoms with van der Waals surface area (Å²) in [6, 6.07) is 19.8. The number of hydrogen-bond acceptors (Lipinski definition) is 3. The van der Waals surface area contributed by atoms with E-state index in [1.54, 1.807) is 11.8 Å². The van der Waals surface area contributed by atoms with Gasteiger partial charge in [0.1, 0.15) is 4.32 Å². The highest BCUT2D eigenvalue weighted by atomic mass is 32.2. The largest absolute Gasteiger partial charge is 0.357 e. The van der Waals surface area contributed by atoms with Crippen LogP contribution in [0.3, 0.4) is 0 Å². The molecule has 0 radical (unpaired) electrons. The van der Waals surface area contributed by atoms with Gasteiger partial charge in [-0.05, 0) is 56.0 Å². The van der Waals surface area contributed by atoms with Crippen molar-refractivity contribution >= 4 is 28.3 Å². The van der Waals surface area contributed by atoms with Crippen molar-refractivity contribution in [1.29, 1.82) is 0 Å². The van der Waals surface area contributed by atoms with E-state index in [0.717, 1.165) is 35.6 Å². The molecule has 0 unspecified atom stereocenters. The molecule has 1 aliphatic rings. The summed E-state index contributed by atoms with van der Waals surface area (Å²) in [4.78, 5) is 4.61. The van der Waals surface area contributed by atoms with Gasteiger partial charge in [0.25, 0.3) is 0 Å². The van der Waals surface area contributed by atoms with Gasteiger partial charge in [-0.25, -0.2) is 0 Å². The maximum absolute atomic E-state index is 5.68. The van der Waals surface area contributed by atoms with E-state index in [9.17, 15) is 0 Å². The molecule has 27 heavy (non-hydrogen) atoms. The van der Waals surface area contributed by atoms with Gasteiger partial charge in [0, 0.05) is 25.4 Å². The van der Waals surface area contributed by atoms with Crippen LogP contribution in [-0.2, 0) is 18.7 Å². The van der Waals surface area contributed by atoms with E-state index in [2.05, 4.69) is 78.5 Å². The molecule has 0 amide bonds. The molecule has 0 N–H and O–H groups in total. The number of rotatable bonds is 6. The molecule has 2 nitrogen and oxygen atoms in total. The number of hydrogen-bond donors (Lipinski definition) is 0. The van der Waals surface area contributed by atoms with Gasteiger partial charge in [0.15, 0.2) is 0 Å². The molecule has 1 heterocycles. The van der Waals surface area contributed by atoms with E-state index in [-0.39, 0.29) is 0 Å². The third-order valence-corrected chi connectivity index (χ3v) is 6.72. The van der Waals surface area contributed by atoms with Gasteiger partial charge in [0.2, 0.25) is 0 Å². The highest BCUT2D eigenvalue weighted by molar-refractivity contribution is 8.22. The Balaban J connectivity index is 1.41. The Morgan fingerprint density at radius 2 is 1.59 bits per heavy atom. The molecule has 3 rings (SSSR count). The molecular formula is C23H30N2S2. The summed E-state index contributed by atoms with van der Waals surface area (Å²) in [7, 11) is 4.23. The monoisotopic (exact) mass is 398 g/mol. The number of likely N-dealkylation sites (tertiary alicyclic amines) is 1.